The van der Waals surface area contributed by atoms with Crippen LogP contribution in [0.3, 0.4) is 0 Å². The number of rotatable bonds is 3. The standard InChI is InChI=1S/C17H25FN2/c1-19-13-14-12-15(18)4-5-16(14)20-10-8-17(9-11-20)6-2-3-7-17/h4-5,12,19H,2-3,6-11,13H2,1H3. The molecule has 3 rings (SSSR count). The molecule has 0 bridgehead atoms. The predicted molar refractivity (Wildman–Crippen MR) is 81.5 cm³/mol. The molecule has 0 unspecified atom stereocenters. The van der Waals surface area contributed by atoms with Crippen LogP contribution < -0.4 is 10.2 Å². The number of hydrogen-bond acceptors (Lipinski definition) is 2. The molecule has 3 heteroatoms. The first-order valence-electron chi connectivity index (χ1n) is 7.90. The van der Waals surface area contributed by atoms with Crippen LogP contribution in [0.15, 0.2) is 18.2 Å². The molecule has 110 valence electrons. The molecule has 2 fully saturated rings. The Kier molecular flexibility index (Phi) is 3.97. The fraction of sp³-hybridized carbons (Fsp3) is 0.647. The minimum Gasteiger partial charge on any atom is -0.371 e. The van der Waals surface area contributed by atoms with Crippen molar-refractivity contribution >= 4 is 5.69 Å². The van der Waals surface area contributed by atoms with Crippen molar-refractivity contribution in [2.45, 2.75) is 45.1 Å². The highest BCUT2D eigenvalue weighted by atomic mass is 19.1. The summed E-state index contributed by atoms with van der Waals surface area (Å²) in [7, 11) is 1.92. The zero-order chi connectivity index (χ0) is 14.0. The smallest absolute Gasteiger partial charge is 0.123 e. The van der Waals surface area contributed by atoms with Crippen molar-refractivity contribution in [1.29, 1.82) is 0 Å². The summed E-state index contributed by atoms with van der Waals surface area (Å²) in [5.74, 6) is -0.136. The van der Waals surface area contributed by atoms with Gasteiger partial charge in [-0.15, -0.1) is 0 Å². The lowest BCUT2D eigenvalue weighted by Crippen LogP contribution is -2.39. The van der Waals surface area contributed by atoms with E-state index in [1.807, 2.05) is 13.1 Å². The molecule has 1 aliphatic carbocycles. The Labute approximate surface area is 121 Å². The number of halogens is 1. The van der Waals surface area contributed by atoms with E-state index in [2.05, 4.69) is 10.2 Å². The fourth-order valence-electron chi connectivity index (χ4n) is 4.04. The molecule has 0 atom stereocenters. The summed E-state index contributed by atoms with van der Waals surface area (Å²) in [5, 5.41) is 3.15. The topological polar surface area (TPSA) is 15.3 Å². The highest BCUT2D eigenvalue weighted by molar-refractivity contribution is 5.54. The van der Waals surface area contributed by atoms with Crippen LogP contribution in [0.25, 0.3) is 0 Å². The van der Waals surface area contributed by atoms with Gasteiger partial charge in [-0.1, -0.05) is 12.8 Å². The molecule has 1 N–H and O–H groups in total. The Morgan fingerprint density at radius 1 is 1.15 bits per heavy atom. The molecule has 1 saturated heterocycles. The number of nitrogens with one attached hydrogen (secondary N) is 1. The van der Waals surface area contributed by atoms with Gasteiger partial charge in [-0.2, -0.15) is 0 Å². The summed E-state index contributed by atoms with van der Waals surface area (Å²) in [6.45, 7) is 2.99. The van der Waals surface area contributed by atoms with Crippen molar-refractivity contribution in [2.24, 2.45) is 5.41 Å². The van der Waals surface area contributed by atoms with Crippen molar-refractivity contribution in [3.05, 3.63) is 29.6 Å². The van der Waals surface area contributed by atoms with Gasteiger partial charge in [0.25, 0.3) is 0 Å². The summed E-state index contributed by atoms with van der Waals surface area (Å²) < 4.78 is 13.4. The molecule has 0 aromatic heterocycles. The lowest BCUT2D eigenvalue weighted by atomic mass is 9.77. The van der Waals surface area contributed by atoms with E-state index in [-0.39, 0.29) is 5.82 Å². The maximum Gasteiger partial charge on any atom is 0.123 e. The second-order valence-electron chi connectivity index (χ2n) is 6.50. The highest BCUT2D eigenvalue weighted by Gasteiger charge is 2.37. The summed E-state index contributed by atoms with van der Waals surface area (Å²) in [5.41, 5.74) is 2.93. The number of anilines is 1. The maximum atomic E-state index is 13.4. The van der Waals surface area contributed by atoms with Crippen molar-refractivity contribution in [3.8, 4) is 0 Å². The first-order chi connectivity index (χ1) is 9.72. The Morgan fingerprint density at radius 3 is 2.50 bits per heavy atom. The van der Waals surface area contributed by atoms with Crippen LogP contribution in [0, 0.1) is 11.2 Å². The van der Waals surface area contributed by atoms with E-state index in [9.17, 15) is 4.39 Å². The lowest BCUT2D eigenvalue weighted by Gasteiger charge is -2.41. The highest BCUT2D eigenvalue weighted by Crippen LogP contribution is 2.46. The maximum absolute atomic E-state index is 13.4. The fourth-order valence-corrected chi connectivity index (χ4v) is 4.04. The van der Waals surface area contributed by atoms with Gasteiger partial charge in [0.15, 0.2) is 0 Å². The van der Waals surface area contributed by atoms with Crippen LogP contribution in [-0.2, 0) is 6.54 Å². The second kappa shape index (κ2) is 5.72. The van der Waals surface area contributed by atoms with Gasteiger partial charge in [-0.25, -0.2) is 4.39 Å². The van der Waals surface area contributed by atoms with Crippen LogP contribution in [0.1, 0.15) is 44.1 Å². The molecule has 0 amide bonds. The zero-order valence-corrected chi connectivity index (χ0v) is 12.4. The van der Waals surface area contributed by atoms with Crippen molar-refractivity contribution < 1.29 is 4.39 Å². The Hall–Kier alpha value is -1.09. The molecule has 1 aromatic rings. The largest absolute Gasteiger partial charge is 0.371 e. The molecule has 1 aliphatic heterocycles. The lowest BCUT2D eigenvalue weighted by molar-refractivity contribution is 0.226. The minimum atomic E-state index is -0.136. The molecule has 2 aliphatic rings. The Bertz CT molecular complexity index is 456. The zero-order valence-electron chi connectivity index (χ0n) is 12.4. The van der Waals surface area contributed by atoms with Crippen LogP contribution in [0.4, 0.5) is 10.1 Å². The first kappa shape index (κ1) is 13.9. The summed E-state index contributed by atoms with van der Waals surface area (Å²) in [6.07, 6.45) is 8.30. The van der Waals surface area contributed by atoms with Gasteiger partial charge in [-0.3, -0.25) is 0 Å². The molecule has 1 saturated carbocycles. The number of benzene rings is 1. The van der Waals surface area contributed by atoms with Crippen LogP contribution in [-0.4, -0.2) is 20.1 Å². The van der Waals surface area contributed by atoms with Gasteiger partial charge in [0.05, 0.1) is 0 Å². The molecular formula is C17H25FN2. The molecule has 2 nitrogen and oxygen atoms in total. The molecular weight excluding hydrogens is 251 g/mol. The second-order valence-corrected chi connectivity index (χ2v) is 6.50. The number of nitrogens with zero attached hydrogens (tertiary/aromatic N) is 1. The van der Waals surface area contributed by atoms with E-state index in [0.717, 1.165) is 25.2 Å². The summed E-state index contributed by atoms with van der Waals surface area (Å²) >= 11 is 0. The van der Waals surface area contributed by atoms with Gasteiger partial charge in [0, 0.05) is 25.3 Å². The quantitative estimate of drug-likeness (QED) is 0.905. The molecule has 1 spiro atoms. The van der Waals surface area contributed by atoms with Gasteiger partial charge in [0.1, 0.15) is 5.82 Å². The number of piperidine rings is 1. The van der Waals surface area contributed by atoms with Gasteiger partial charge in [-0.05, 0) is 61.9 Å². The Morgan fingerprint density at radius 2 is 1.85 bits per heavy atom. The summed E-state index contributed by atoms with van der Waals surface area (Å²) in [4.78, 5) is 2.45. The molecule has 0 radical (unpaired) electrons. The van der Waals surface area contributed by atoms with Crippen LogP contribution >= 0.6 is 0 Å². The van der Waals surface area contributed by atoms with E-state index in [1.165, 1.54) is 44.2 Å². The van der Waals surface area contributed by atoms with Crippen molar-refractivity contribution in [3.63, 3.8) is 0 Å². The SMILES string of the molecule is CNCc1cc(F)ccc1N1CCC2(CCCC2)CC1. The van der Waals surface area contributed by atoms with E-state index in [1.54, 1.807) is 12.1 Å². The average Bonchev–Trinajstić information content (AvgIpc) is 2.89. The summed E-state index contributed by atoms with van der Waals surface area (Å²) in [6, 6.07) is 5.22. The third-order valence-corrected chi connectivity index (χ3v) is 5.24. The van der Waals surface area contributed by atoms with Crippen molar-refractivity contribution in [2.75, 3.05) is 25.0 Å². The van der Waals surface area contributed by atoms with Crippen molar-refractivity contribution in [1.82, 2.24) is 5.32 Å². The third-order valence-electron chi connectivity index (χ3n) is 5.24. The van der Waals surface area contributed by atoms with E-state index >= 15 is 0 Å². The molecule has 1 aromatic carbocycles. The van der Waals surface area contributed by atoms with Crippen LogP contribution in [0.2, 0.25) is 0 Å². The predicted octanol–water partition coefficient (Wildman–Crippen LogP) is 3.71. The first-order valence-corrected chi connectivity index (χ1v) is 7.90. The minimum absolute atomic E-state index is 0.136. The third kappa shape index (κ3) is 2.69. The van der Waals surface area contributed by atoms with Gasteiger partial charge < -0.3 is 10.2 Å². The molecule has 20 heavy (non-hydrogen) atoms. The van der Waals surface area contributed by atoms with Gasteiger partial charge >= 0.3 is 0 Å². The van der Waals surface area contributed by atoms with Gasteiger partial charge in [0.2, 0.25) is 0 Å². The molecule has 1 heterocycles. The normalized spacial score (nSPS) is 21.6. The average molecular weight is 276 g/mol. The van der Waals surface area contributed by atoms with Crippen LogP contribution in [0.5, 0.6) is 0 Å². The Balaban J connectivity index is 1.74. The number of hydrogen-bond donors (Lipinski definition) is 1. The van der Waals surface area contributed by atoms with E-state index in [0.29, 0.717) is 5.41 Å². The monoisotopic (exact) mass is 276 g/mol. The van der Waals surface area contributed by atoms with E-state index < -0.39 is 0 Å². The van der Waals surface area contributed by atoms with E-state index in [4.69, 9.17) is 0 Å².